The number of hydrogen-bond acceptors (Lipinski definition) is 3. The topological polar surface area (TPSA) is 47.6 Å². The Bertz CT molecular complexity index is 721. The maximum absolute atomic E-state index is 13.7. The zero-order chi connectivity index (χ0) is 17.0. The third-order valence-corrected chi connectivity index (χ3v) is 4.12. The van der Waals surface area contributed by atoms with E-state index in [2.05, 4.69) is 21.2 Å². The fraction of sp³-hybridized carbons (Fsp3) is 0.235. The first-order valence-corrected chi connectivity index (χ1v) is 7.74. The van der Waals surface area contributed by atoms with E-state index >= 15 is 0 Å². The van der Waals surface area contributed by atoms with Crippen molar-refractivity contribution in [2.24, 2.45) is 0 Å². The van der Waals surface area contributed by atoms with Crippen LogP contribution < -0.4 is 14.8 Å². The Kier molecular flexibility index (Phi) is 5.60. The molecular formula is C17H17BrFNO3. The van der Waals surface area contributed by atoms with Crippen LogP contribution >= 0.6 is 15.9 Å². The van der Waals surface area contributed by atoms with Crippen LogP contribution in [0.5, 0.6) is 11.5 Å². The Balaban J connectivity index is 2.25. The second-order valence-electron chi connectivity index (χ2n) is 4.90. The monoisotopic (exact) mass is 381 g/mol. The number of halogens is 2. The third kappa shape index (κ3) is 3.82. The van der Waals surface area contributed by atoms with Gasteiger partial charge in [0.1, 0.15) is 5.82 Å². The number of amides is 1. The molecule has 0 fully saturated rings. The van der Waals surface area contributed by atoms with Crippen LogP contribution in [0.1, 0.15) is 28.9 Å². The zero-order valence-corrected chi connectivity index (χ0v) is 14.6. The van der Waals surface area contributed by atoms with Crippen molar-refractivity contribution in [1.82, 2.24) is 5.32 Å². The molecule has 0 aliphatic heterocycles. The van der Waals surface area contributed by atoms with Crippen molar-refractivity contribution >= 4 is 21.8 Å². The van der Waals surface area contributed by atoms with Gasteiger partial charge in [-0.05, 0) is 36.8 Å². The molecule has 122 valence electrons. The Morgan fingerprint density at radius 3 is 2.39 bits per heavy atom. The van der Waals surface area contributed by atoms with Gasteiger partial charge in [0.05, 0.1) is 25.8 Å². The normalized spacial score (nSPS) is 11.7. The standard InChI is InChI=1S/C17H17BrFNO3/c1-10(20-17(21)11-6-4-5-7-14(11)19)12-8-15(22-2)16(23-3)9-13(12)18/h4-10H,1-3H3,(H,20,21). The fourth-order valence-electron chi connectivity index (χ4n) is 2.20. The van der Waals surface area contributed by atoms with Crippen LogP contribution in [0, 0.1) is 5.82 Å². The van der Waals surface area contributed by atoms with Gasteiger partial charge in [-0.3, -0.25) is 4.79 Å². The minimum atomic E-state index is -0.552. The van der Waals surface area contributed by atoms with Crippen molar-refractivity contribution < 1.29 is 18.7 Å². The molecule has 0 saturated carbocycles. The van der Waals surface area contributed by atoms with Crippen LogP contribution in [0.4, 0.5) is 4.39 Å². The summed E-state index contributed by atoms with van der Waals surface area (Å²) in [5.41, 5.74) is 0.809. The van der Waals surface area contributed by atoms with Crippen molar-refractivity contribution in [2.75, 3.05) is 14.2 Å². The predicted molar refractivity (Wildman–Crippen MR) is 89.5 cm³/mol. The van der Waals surface area contributed by atoms with Crippen LogP contribution in [-0.4, -0.2) is 20.1 Å². The van der Waals surface area contributed by atoms with Crippen LogP contribution in [0.15, 0.2) is 40.9 Å². The number of rotatable bonds is 5. The molecule has 1 amide bonds. The van der Waals surface area contributed by atoms with Crippen molar-refractivity contribution in [2.45, 2.75) is 13.0 Å². The zero-order valence-electron chi connectivity index (χ0n) is 13.0. The van der Waals surface area contributed by atoms with E-state index in [-0.39, 0.29) is 11.6 Å². The van der Waals surface area contributed by atoms with Gasteiger partial charge >= 0.3 is 0 Å². The minimum absolute atomic E-state index is 0.0101. The first kappa shape index (κ1) is 17.3. The first-order valence-electron chi connectivity index (χ1n) is 6.94. The lowest BCUT2D eigenvalue weighted by Crippen LogP contribution is -2.27. The molecule has 0 spiro atoms. The van der Waals surface area contributed by atoms with Gasteiger partial charge in [0.25, 0.3) is 5.91 Å². The largest absolute Gasteiger partial charge is 0.493 e. The molecule has 4 nitrogen and oxygen atoms in total. The van der Waals surface area contributed by atoms with Crippen LogP contribution in [-0.2, 0) is 0 Å². The van der Waals surface area contributed by atoms with Crippen molar-refractivity contribution in [1.29, 1.82) is 0 Å². The number of carbonyl (C=O) groups excluding carboxylic acids is 1. The van der Waals surface area contributed by atoms with Crippen LogP contribution in [0.2, 0.25) is 0 Å². The quantitative estimate of drug-likeness (QED) is 0.847. The molecule has 2 aromatic rings. The molecule has 0 saturated heterocycles. The van der Waals surface area contributed by atoms with Crippen molar-refractivity contribution in [3.05, 3.63) is 57.8 Å². The lowest BCUT2D eigenvalue weighted by Gasteiger charge is -2.18. The Morgan fingerprint density at radius 2 is 1.78 bits per heavy atom. The highest BCUT2D eigenvalue weighted by Crippen LogP contribution is 2.36. The number of ether oxygens (including phenoxy) is 2. The van der Waals surface area contributed by atoms with E-state index in [1.807, 2.05) is 6.92 Å². The van der Waals surface area contributed by atoms with Gasteiger partial charge in [-0.2, -0.15) is 0 Å². The summed E-state index contributed by atoms with van der Waals surface area (Å²) in [5, 5.41) is 2.78. The number of methoxy groups -OCH3 is 2. The van der Waals surface area contributed by atoms with E-state index in [1.165, 1.54) is 19.2 Å². The van der Waals surface area contributed by atoms with Crippen LogP contribution in [0.3, 0.4) is 0 Å². The summed E-state index contributed by atoms with van der Waals surface area (Å²) < 4.78 is 24.9. The van der Waals surface area contributed by atoms with Crippen molar-refractivity contribution in [3.63, 3.8) is 0 Å². The molecule has 6 heteroatoms. The Labute approximate surface area is 142 Å². The van der Waals surface area contributed by atoms with Gasteiger partial charge in [0, 0.05) is 4.47 Å². The Hall–Kier alpha value is -2.08. The fourth-order valence-corrected chi connectivity index (χ4v) is 2.86. The third-order valence-electron chi connectivity index (χ3n) is 3.44. The molecule has 0 aromatic heterocycles. The van der Waals surface area contributed by atoms with E-state index in [0.717, 1.165) is 10.0 Å². The SMILES string of the molecule is COc1cc(Br)c(C(C)NC(=O)c2ccccc2F)cc1OC. The number of nitrogens with one attached hydrogen (secondary N) is 1. The van der Waals surface area contributed by atoms with Gasteiger partial charge in [-0.25, -0.2) is 4.39 Å². The van der Waals surface area contributed by atoms with Gasteiger partial charge in [-0.1, -0.05) is 28.1 Å². The Morgan fingerprint density at radius 1 is 1.17 bits per heavy atom. The summed E-state index contributed by atoms with van der Waals surface area (Å²) in [6.07, 6.45) is 0. The summed E-state index contributed by atoms with van der Waals surface area (Å²) >= 11 is 3.45. The van der Waals surface area contributed by atoms with E-state index in [9.17, 15) is 9.18 Å². The average molecular weight is 382 g/mol. The van der Waals surface area contributed by atoms with Crippen molar-refractivity contribution in [3.8, 4) is 11.5 Å². The molecule has 1 atom stereocenters. The molecule has 0 aliphatic rings. The molecule has 0 radical (unpaired) electrons. The predicted octanol–water partition coefficient (Wildman–Crippen LogP) is 4.10. The van der Waals surface area contributed by atoms with E-state index in [0.29, 0.717) is 11.5 Å². The minimum Gasteiger partial charge on any atom is -0.493 e. The van der Waals surface area contributed by atoms with Gasteiger partial charge < -0.3 is 14.8 Å². The molecule has 0 heterocycles. The highest BCUT2D eigenvalue weighted by Gasteiger charge is 2.18. The highest BCUT2D eigenvalue weighted by molar-refractivity contribution is 9.10. The lowest BCUT2D eigenvalue weighted by molar-refractivity contribution is 0.0935. The van der Waals surface area contributed by atoms with Gasteiger partial charge in [0.2, 0.25) is 0 Å². The maximum atomic E-state index is 13.7. The molecule has 1 unspecified atom stereocenters. The maximum Gasteiger partial charge on any atom is 0.254 e. The van der Waals surface area contributed by atoms with E-state index < -0.39 is 11.7 Å². The first-order chi connectivity index (χ1) is 11.0. The molecule has 0 bridgehead atoms. The second-order valence-corrected chi connectivity index (χ2v) is 5.76. The molecule has 0 aliphatic carbocycles. The summed E-state index contributed by atoms with van der Waals surface area (Å²) in [4.78, 5) is 12.2. The molecule has 2 rings (SSSR count). The van der Waals surface area contributed by atoms with Crippen LogP contribution in [0.25, 0.3) is 0 Å². The second kappa shape index (κ2) is 7.46. The summed E-state index contributed by atoms with van der Waals surface area (Å²) in [7, 11) is 3.09. The number of hydrogen-bond donors (Lipinski definition) is 1. The molecule has 2 aromatic carbocycles. The number of carbonyl (C=O) groups is 1. The van der Waals surface area contributed by atoms with E-state index in [4.69, 9.17) is 9.47 Å². The van der Waals surface area contributed by atoms with Gasteiger partial charge in [-0.15, -0.1) is 0 Å². The molecule has 1 N–H and O–H groups in total. The summed E-state index contributed by atoms with van der Waals surface area (Å²) in [5.74, 6) is 0.106. The highest BCUT2D eigenvalue weighted by atomic mass is 79.9. The average Bonchev–Trinajstić information content (AvgIpc) is 2.54. The lowest BCUT2D eigenvalue weighted by atomic mass is 10.1. The number of benzene rings is 2. The summed E-state index contributed by atoms with van der Waals surface area (Å²) in [6, 6.07) is 9.05. The molecular weight excluding hydrogens is 365 g/mol. The summed E-state index contributed by atoms with van der Waals surface area (Å²) in [6.45, 7) is 1.81. The van der Waals surface area contributed by atoms with E-state index in [1.54, 1.807) is 31.4 Å². The molecule has 23 heavy (non-hydrogen) atoms. The van der Waals surface area contributed by atoms with Gasteiger partial charge in [0.15, 0.2) is 11.5 Å². The smallest absolute Gasteiger partial charge is 0.254 e.